The average molecular weight is 414 g/mol. The summed E-state index contributed by atoms with van der Waals surface area (Å²) in [5, 5.41) is 2.99. The molecule has 5 heteroatoms. The van der Waals surface area contributed by atoms with Crippen LogP contribution >= 0.6 is 0 Å². The van der Waals surface area contributed by atoms with Crippen molar-refractivity contribution in [2.45, 2.75) is 95.3 Å². The van der Waals surface area contributed by atoms with E-state index in [1.54, 1.807) is 7.11 Å². The number of alkyl carbamates (subject to hydrolysis) is 1. The van der Waals surface area contributed by atoms with Crippen molar-refractivity contribution in [3.05, 3.63) is 23.8 Å². The lowest BCUT2D eigenvalue weighted by Gasteiger charge is -2.37. The van der Waals surface area contributed by atoms with E-state index in [9.17, 15) is 4.79 Å². The smallest absolute Gasteiger partial charge is 0.407 e. The lowest BCUT2D eigenvalue weighted by molar-refractivity contribution is 0.0487. The number of ether oxygens (including phenoxy) is 3. The normalized spacial score (nSPS) is 24.7. The third-order valence-electron chi connectivity index (χ3n) is 6.15. The fourth-order valence-corrected chi connectivity index (χ4v) is 4.50. The van der Waals surface area contributed by atoms with Crippen LogP contribution in [0.2, 0.25) is 0 Å². The Hall–Kier alpha value is -2.35. The molecule has 164 valence electrons. The van der Waals surface area contributed by atoms with Gasteiger partial charge in [0.25, 0.3) is 0 Å². The van der Waals surface area contributed by atoms with Crippen molar-refractivity contribution in [2.24, 2.45) is 0 Å². The first-order valence-corrected chi connectivity index (χ1v) is 11.1. The number of hydrogen-bond donors (Lipinski definition) is 1. The summed E-state index contributed by atoms with van der Waals surface area (Å²) < 4.78 is 17.2. The van der Waals surface area contributed by atoms with Crippen LogP contribution in [0.25, 0.3) is 0 Å². The Balaban J connectivity index is 1.70. The fraction of sp³-hybridized carbons (Fsp3) is 0.640. The number of amides is 1. The van der Waals surface area contributed by atoms with Gasteiger partial charge in [0.2, 0.25) is 0 Å². The van der Waals surface area contributed by atoms with Crippen molar-refractivity contribution in [3.8, 4) is 23.8 Å². The Morgan fingerprint density at radius 1 is 1.13 bits per heavy atom. The molecule has 0 unspecified atom stereocenters. The van der Waals surface area contributed by atoms with Gasteiger partial charge in [0, 0.05) is 6.04 Å². The molecule has 2 aliphatic carbocycles. The predicted octanol–water partition coefficient (Wildman–Crippen LogP) is 5.35. The van der Waals surface area contributed by atoms with Gasteiger partial charge in [-0.1, -0.05) is 12.0 Å². The first kappa shape index (κ1) is 22.3. The molecule has 1 aromatic carbocycles. The highest BCUT2D eigenvalue weighted by molar-refractivity contribution is 5.68. The monoisotopic (exact) mass is 413 g/mol. The molecular formula is C25H35NO4. The van der Waals surface area contributed by atoms with Gasteiger partial charge in [0.1, 0.15) is 5.60 Å². The zero-order chi connectivity index (χ0) is 21.8. The second-order valence-corrected chi connectivity index (χ2v) is 9.54. The van der Waals surface area contributed by atoms with Gasteiger partial charge in [-0.3, -0.25) is 0 Å². The summed E-state index contributed by atoms with van der Waals surface area (Å²) in [4.78, 5) is 12.1. The highest BCUT2D eigenvalue weighted by Gasteiger charge is 2.37. The van der Waals surface area contributed by atoms with Crippen LogP contribution in [-0.4, -0.2) is 30.9 Å². The maximum atomic E-state index is 12.1. The fourth-order valence-electron chi connectivity index (χ4n) is 4.50. The summed E-state index contributed by atoms with van der Waals surface area (Å²) in [6.45, 7) is 5.60. The Morgan fingerprint density at radius 2 is 1.80 bits per heavy atom. The van der Waals surface area contributed by atoms with E-state index in [1.807, 2.05) is 26.8 Å². The third-order valence-corrected chi connectivity index (χ3v) is 6.15. The minimum absolute atomic E-state index is 0.0776. The van der Waals surface area contributed by atoms with Crippen LogP contribution in [0.15, 0.2) is 18.2 Å². The quantitative estimate of drug-likeness (QED) is 0.661. The van der Waals surface area contributed by atoms with Gasteiger partial charge in [-0.2, -0.15) is 0 Å². The lowest BCUT2D eigenvalue weighted by atomic mass is 9.69. The molecule has 2 aliphatic rings. The van der Waals surface area contributed by atoms with Gasteiger partial charge in [0.15, 0.2) is 11.5 Å². The summed E-state index contributed by atoms with van der Waals surface area (Å²) in [6, 6.07) is 6.17. The molecule has 0 radical (unpaired) electrons. The standard InChI is InChI=1S/C25H35NO4/c1-6-25(15-13-19(14-16-25)26-23(27)30-24(2,3)4)18-11-12-21(28-5)22(17-18)29-20-9-7-8-10-20/h1,11-12,17,19-20H,7-10,13-16H2,2-5H3,(H,26,27)/t19-,25-. The van der Waals surface area contributed by atoms with Gasteiger partial charge in [-0.25, -0.2) is 4.79 Å². The summed E-state index contributed by atoms with van der Waals surface area (Å²) in [7, 11) is 1.67. The molecular weight excluding hydrogens is 378 g/mol. The molecule has 0 atom stereocenters. The molecule has 0 aliphatic heterocycles. The highest BCUT2D eigenvalue weighted by atomic mass is 16.6. The van der Waals surface area contributed by atoms with Crippen molar-refractivity contribution in [1.29, 1.82) is 0 Å². The van der Waals surface area contributed by atoms with Crippen molar-refractivity contribution in [2.75, 3.05) is 7.11 Å². The van der Waals surface area contributed by atoms with Crippen LogP contribution in [0.3, 0.4) is 0 Å². The summed E-state index contributed by atoms with van der Waals surface area (Å²) >= 11 is 0. The topological polar surface area (TPSA) is 56.8 Å². The van der Waals surface area contributed by atoms with Crippen molar-refractivity contribution >= 4 is 6.09 Å². The van der Waals surface area contributed by atoms with E-state index in [1.165, 1.54) is 12.8 Å². The number of carbonyl (C=O) groups is 1. The van der Waals surface area contributed by atoms with E-state index in [2.05, 4.69) is 23.4 Å². The molecule has 0 bridgehead atoms. The van der Waals surface area contributed by atoms with E-state index in [4.69, 9.17) is 20.6 Å². The van der Waals surface area contributed by atoms with Gasteiger partial charge >= 0.3 is 6.09 Å². The van der Waals surface area contributed by atoms with Crippen LogP contribution in [-0.2, 0) is 10.2 Å². The van der Waals surface area contributed by atoms with Gasteiger partial charge < -0.3 is 19.5 Å². The Bertz CT molecular complexity index is 775. The molecule has 1 amide bonds. The van der Waals surface area contributed by atoms with E-state index >= 15 is 0 Å². The zero-order valence-electron chi connectivity index (χ0n) is 18.8. The molecule has 0 spiro atoms. The van der Waals surface area contributed by atoms with Crippen LogP contribution in [0.4, 0.5) is 4.79 Å². The maximum Gasteiger partial charge on any atom is 0.407 e. The van der Waals surface area contributed by atoms with E-state index < -0.39 is 5.60 Å². The minimum Gasteiger partial charge on any atom is -0.493 e. The SMILES string of the molecule is C#C[C@]1(c2ccc(OC)c(OC3CCCC3)c2)CC[C@H](NC(=O)OC(C)(C)C)CC1. The Kier molecular flexibility index (Phi) is 6.85. The first-order chi connectivity index (χ1) is 14.2. The number of nitrogens with one attached hydrogen (secondary N) is 1. The lowest BCUT2D eigenvalue weighted by Crippen LogP contribution is -2.43. The molecule has 1 aromatic rings. The molecule has 3 rings (SSSR count). The van der Waals surface area contributed by atoms with Crippen LogP contribution in [0, 0.1) is 12.3 Å². The largest absolute Gasteiger partial charge is 0.493 e. The Labute approximate surface area is 180 Å². The molecule has 30 heavy (non-hydrogen) atoms. The first-order valence-electron chi connectivity index (χ1n) is 11.1. The summed E-state index contributed by atoms with van der Waals surface area (Å²) in [5.41, 5.74) is 0.237. The number of carbonyl (C=O) groups excluding carboxylic acids is 1. The third kappa shape index (κ3) is 5.41. The van der Waals surface area contributed by atoms with E-state index in [0.29, 0.717) is 0 Å². The highest BCUT2D eigenvalue weighted by Crippen LogP contribution is 2.42. The van der Waals surface area contributed by atoms with Crippen LogP contribution in [0.5, 0.6) is 11.5 Å². The molecule has 0 aromatic heterocycles. The van der Waals surface area contributed by atoms with Gasteiger partial charge in [-0.15, -0.1) is 6.42 Å². The van der Waals surface area contributed by atoms with Crippen molar-refractivity contribution < 1.29 is 19.0 Å². The summed E-state index contributed by atoms with van der Waals surface area (Å²) in [5.74, 6) is 4.59. The number of terminal acetylenes is 1. The summed E-state index contributed by atoms with van der Waals surface area (Å²) in [6.07, 6.45) is 13.8. The molecule has 0 saturated heterocycles. The number of rotatable bonds is 5. The second kappa shape index (κ2) is 9.20. The molecule has 5 nitrogen and oxygen atoms in total. The van der Waals surface area contributed by atoms with E-state index in [-0.39, 0.29) is 23.7 Å². The van der Waals surface area contributed by atoms with Crippen molar-refractivity contribution in [3.63, 3.8) is 0 Å². The number of methoxy groups -OCH3 is 1. The Morgan fingerprint density at radius 3 is 2.37 bits per heavy atom. The maximum absolute atomic E-state index is 12.1. The van der Waals surface area contributed by atoms with Crippen molar-refractivity contribution in [1.82, 2.24) is 5.32 Å². The molecule has 2 fully saturated rings. The average Bonchev–Trinajstić information content (AvgIpc) is 3.20. The molecule has 1 N–H and O–H groups in total. The van der Waals surface area contributed by atoms with E-state index in [0.717, 1.165) is 55.6 Å². The second-order valence-electron chi connectivity index (χ2n) is 9.54. The van der Waals surface area contributed by atoms with Crippen LogP contribution in [0.1, 0.15) is 77.7 Å². The number of hydrogen-bond acceptors (Lipinski definition) is 4. The number of benzene rings is 1. The predicted molar refractivity (Wildman–Crippen MR) is 118 cm³/mol. The molecule has 2 saturated carbocycles. The minimum atomic E-state index is -0.500. The molecule has 0 heterocycles. The van der Waals surface area contributed by atoms with Gasteiger partial charge in [-0.05, 0) is 89.8 Å². The van der Waals surface area contributed by atoms with Crippen LogP contribution < -0.4 is 14.8 Å². The van der Waals surface area contributed by atoms with Gasteiger partial charge in [0.05, 0.1) is 18.6 Å². The zero-order valence-corrected chi connectivity index (χ0v) is 18.8.